The Morgan fingerprint density at radius 2 is 2.19 bits per heavy atom. The molecule has 3 N–H and O–H groups in total. The second-order valence-electron chi connectivity index (χ2n) is 4.62. The van der Waals surface area contributed by atoms with Crippen LogP contribution in [0, 0.1) is 0 Å². The molecule has 0 bridgehead atoms. The number of carbonyl (C=O) groups is 1. The predicted octanol–water partition coefficient (Wildman–Crippen LogP) is 3.13. The van der Waals surface area contributed by atoms with Gasteiger partial charge in [-0.25, -0.2) is 9.78 Å². The van der Waals surface area contributed by atoms with Crippen LogP contribution < -0.4 is 5.73 Å². The third kappa shape index (κ3) is 3.20. The van der Waals surface area contributed by atoms with Gasteiger partial charge in [-0.3, -0.25) is 0 Å². The Kier molecular flexibility index (Phi) is 4.23. The van der Waals surface area contributed by atoms with E-state index in [-0.39, 0.29) is 5.56 Å². The lowest BCUT2D eigenvalue weighted by molar-refractivity contribution is 0.0697. The summed E-state index contributed by atoms with van der Waals surface area (Å²) in [4.78, 5) is 14.9. The van der Waals surface area contributed by atoms with Crippen molar-refractivity contribution in [3.05, 3.63) is 60.2 Å². The fourth-order valence-corrected chi connectivity index (χ4v) is 2.07. The van der Waals surface area contributed by atoms with Crippen LogP contribution in [-0.2, 0) is 0 Å². The van der Waals surface area contributed by atoms with Crippen molar-refractivity contribution in [2.45, 2.75) is 13.8 Å². The maximum Gasteiger partial charge on any atom is 0.335 e. The predicted molar refractivity (Wildman–Crippen MR) is 83.6 cm³/mol. The van der Waals surface area contributed by atoms with Crippen LogP contribution in [0.4, 0.5) is 5.69 Å². The first-order valence-corrected chi connectivity index (χ1v) is 6.49. The number of anilines is 1. The van der Waals surface area contributed by atoms with Gasteiger partial charge in [0.2, 0.25) is 0 Å². The maximum atomic E-state index is 10.9. The van der Waals surface area contributed by atoms with E-state index in [2.05, 4.69) is 4.98 Å². The second-order valence-corrected chi connectivity index (χ2v) is 4.62. The molecule has 1 aromatic heterocycles. The fourth-order valence-electron chi connectivity index (χ4n) is 2.07. The molecule has 5 heteroatoms. The Morgan fingerprint density at radius 1 is 1.43 bits per heavy atom. The third-order valence-electron chi connectivity index (χ3n) is 3.19. The molecule has 0 unspecified atom stereocenters. The second kappa shape index (κ2) is 6.09. The Balaban J connectivity index is 2.37. The highest BCUT2D eigenvalue weighted by molar-refractivity contribution is 5.91. The molecule has 0 aliphatic carbocycles. The highest BCUT2D eigenvalue weighted by atomic mass is 16.4. The van der Waals surface area contributed by atoms with Gasteiger partial charge < -0.3 is 15.4 Å². The van der Waals surface area contributed by atoms with Crippen LogP contribution in [0.1, 0.15) is 29.8 Å². The molecule has 2 rings (SSSR count). The lowest BCUT2D eigenvalue weighted by Crippen LogP contribution is -2.00. The van der Waals surface area contributed by atoms with E-state index < -0.39 is 5.97 Å². The van der Waals surface area contributed by atoms with Crippen molar-refractivity contribution in [2.75, 3.05) is 5.73 Å². The van der Waals surface area contributed by atoms with Crippen LogP contribution in [-0.4, -0.2) is 20.6 Å². The van der Waals surface area contributed by atoms with Gasteiger partial charge >= 0.3 is 5.97 Å². The number of rotatable bonds is 4. The van der Waals surface area contributed by atoms with E-state index in [1.165, 1.54) is 6.07 Å². The van der Waals surface area contributed by atoms with Gasteiger partial charge in [0.05, 0.1) is 11.9 Å². The number of nitrogens with zero attached hydrogens (tertiary/aromatic N) is 2. The number of imidazole rings is 1. The highest BCUT2D eigenvalue weighted by Gasteiger charge is 2.08. The van der Waals surface area contributed by atoms with Crippen LogP contribution in [0.15, 0.2) is 49.1 Å². The number of carboxylic acid groups (broad SMARTS) is 1. The minimum absolute atomic E-state index is 0.185. The van der Waals surface area contributed by atoms with Crippen molar-refractivity contribution in [2.24, 2.45) is 0 Å². The molecule has 0 aliphatic rings. The van der Waals surface area contributed by atoms with Gasteiger partial charge in [-0.2, -0.15) is 0 Å². The molecule has 5 nitrogen and oxygen atoms in total. The van der Waals surface area contributed by atoms with Gasteiger partial charge in [-0.1, -0.05) is 12.1 Å². The van der Waals surface area contributed by atoms with Gasteiger partial charge in [0.25, 0.3) is 0 Å². The molecule has 21 heavy (non-hydrogen) atoms. The van der Waals surface area contributed by atoms with Gasteiger partial charge in [0, 0.05) is 29.3 Å². The number of benzene rings is 1. The maximum absolute atomic E-state index is 10.9. The summed E-state index contributed by atoms with van der Waals surface area (Å²) in [5, 5.41) is 8.96. The molecule has 0 atom stereocenters. The minimum Gasteiger partial charge on any atom is -0.478 e. The van der Waals surface area contributed by atoms with Crippen molar-refractivity contribution < 1.29 is 9.90 Å². The zero-order valence-electron chi connectivity index (χ0n) is 11.9. The van der Waals surface area contributed by atoms with Crippen molar-refractivity contribution >= 4 is 22.9 Å². The molecular formula is C16H17N3O2. The summed E-state index contributed by atoms with van der Waals surface area (Å²) in [6.07, 6.45) is 9.23. The standard InChI is InChI=1S/C16H17N3O2/c1-3-13(19-7-6-18-10-19)8-11(2)14-5-4-12(16(20)21)9-15(14)17/h3-10H,17H2,1-2H3,(H,20,21)/b11-8+,13-3+. The van der Waals surface area contributed by atoms with Gasteiger partial charge in [-0.15, -0.1) is 0 Å². The molecule has 108 valence electrons. The van der Waals surface area contributed by atoms with E-state index in [1.807, 2.05) is 36.8 Å². The first-order valence-electron chi connectivity index (χ1n) is 6.49. The minimum atomic E-state index is -0.984. The lowest BCUT2D eigenvalue weighted by atomic mass is 10.0. The van der Waals surface area contributed by atoms with E-state index in [1.54, 1.807) is 24.7 Å². The topological polar surface area (TPSA) is 81.1 Å². The number of nitrogens with two attached hydrogens (primary N) is 1. The Morgan fingerprint density at radius 3 is 2.71 bits per heavy atom. The van der Waals surface area contributed by atoms with Crippen LogP contribution in [0.3, 0.4) is 0 Å². The normalized spacial score (nSPS) is 12.5. The Hall–Kier alpha value is -2.82. The summed E-state index contributed by atoms with van der Waals surface area (Å²) in [6, 6.07) is 4.76. The summed E-state index contributed by atoms with van der Waals surface area (Å²) in [5.41, 5.74) is 9.32. The molecule has 0 amide bonds. The Bertz CT molecular complexity index is 713. The average molecular weight is 283 g/mol. The zero-order valence-corrected chi connectivity index (χ0v) is 11.9. The summed E-state index contributed by atoms with van der Waals surface area (Å²) < 4.78 is 1.89. The number of carboxylic acids is 1. The van der Waals surface area contributed by atoms with Crippen molar-refractivity contribution in [1.82, 2.24) is 9.55 Å². The zero-order chi connectivity index (χ0) is 15.4. The molecular weight excluding hydrogens is 266 g/mol. The largest absolute Gasteiger partial charge is 0.478 e. The van der Waals surface area contributed by atoms with Gasteiger partial charge in [-0.05, 0) is 37.6 Å². The molecule has 0 aliphatic heterocycles. The molecule has 0 saturated heterocycles. The van der Waals surface area contributed by atoms with E-state index in [9.17, 15) is 4.79 Å². The van der Waals surface area contributed by atoms with E-state index in [0.717, 1.165) is 16.8 Å². The number of aromatic carboxylic acids is 1. The number of hydrogen-bond acceptors (Lipinski definition) is 3. The molecule has 0 fully saturated rings. The quantitative estimate of drug-likeness (QED) is 0.667. The van der Waals surface area contributed by atoms with E-state index >= 15 is 0 Å². The van der Waals surface area contributed by atoms with E-state index in [4.69, 9.17) is 10.8 Å². The molecule has 2 aromatic rings. The smallest absolute Gasteiger partial charge is 0.335 e. The summed E-state index contributed by atoms with van der Waals surface area (Å²) in [5.74, 6) is -0.984. The number of allylic oxidation sites excluding steroid dienone is 4. The fraction of sp³-hybridized carbons (Fsp3) is 0.125. The average Bonchev–Trinajstić information content (AvgIpc) is 2.98. The van der Waals surface area contributed by atoms with Crippen LogP contribution in [0.25, 0.3) is 11.3 Å². The first kappa shape index (κ1) is 14.6. The SMILES string of the molecule is C/C=C(\C=C(/C)c1ccc(C(=O)O)cc1N)n1ccnc1. The van der Waals surface area contributed by atoms with Gasteiger partial charge in [0.1, 0.15) is 0 Å². The molecule has 0 saturated carbocycles. The van der Waals surface area contributed by atoms with Crippen LogP contribution in [0.2, 0.25) is 0 Å². The molecule has 0 radical (unpaired) electrons. The van der Waals surface area contributed by atoms with Crippen molar-refractivity contribution in [3.63, 3.8) is 0 Å². The monoisotopic (exact) mass is 283 g/mol. The summed E-state index contributed by atoms with van der Waals surface area (Å²) in [6.45, 7) is 3.88. The van der Waals surface area contributed by atoms with Crippen molar-refractivity contribution in [3.8, 4) is 0 Å². The van der Waals surface area contributed by atoms with Crippen LogP contribution in [0.5, 0.6) is 0 Å². The molecule has 1 heterocycles. The summed E-state index contributed by atoms with van der Waals surface area (Å²) in [7, 11) is 0. The molecule has 1 aromatic carbocycles. The van der Waals surface area contributed by atoms with E-state index in [0.29, 0.717) is 5.69 Å². The number of nitrogen functional groups attached to an aromatic ring is 1. The Labute approximate surface area is 123 Å². The van der Waals surface area contributed by atoms with Gasteiger partial charge in [0.15, 0.2) is 0 Å². The first-order chi connectivity index (χ1) is 10.0. The summed E-state index contributed by atoms with van der Waals surface area (Å²) >= 11 is 0. The van der Waals surface area contributed by atoms with Crippen molar-refractivity contribution in [1.29, 1.82) is 0 Å². The third-order valence-corrected chi connectivity index (χ3v) is 3.19. The number of hydrogen-bond donors (Lipinski definition) is 2. The lowest BCUT2D eigenvalue weighted by Gasteiger charge is -2.09. The van der Waals surface area contributed by atoms with Crippen LogP contribution >= 0.6 is 0 Å². The highest BCUT2D eigenvalue weighted by Crippen LogP contribution is 2.24. The number of aromatic nitrogens is 2. The molecule has 0 spiro atoms.